The van der Waals surface area contributed by atoms with Gasteiger partial charge in [0.2, 0.25) is 10.0 Å². The molecule has 0 aromatic heterocycles. The Morgan fingerprint density at radius 1 is 1.28 bits per heavy atom. The van der Waals surface area contributed by atoms with Gasteiger partial charge in [-0.25, -0.2) is 8.42 Å². The topological polar surface area (TPSA) is 63.4 Å². The average Bonchev–Trinajstić information content (AvgIpc) is 2.26. The molecular formula is C13H22N2O2S. The fourth-order valence-corrected chi connectivity index (χ4v) is 3.60. The van der Waals surface area contributed by atoms with E-state index in [0.29, 0.717) is 19.5 Å². The van der Waals surface area contributed by atoms with Crippen LogP contribution in [0.5, 0.6) is 0 Å². The molecule has 0 bridgehead atoms. The highest BCUT2D eigenvalue weighted by atomic mass is 32.2. The first-order valence-corrected chi connectivity index (χ1v) is 7.81. The molecule has 4 nitrogen and oxygen atoms in total. The molecule has 0 heterocycles. The molecular weight excluding hydrogens is 248 g/mol. The van der Waals surface area contributed by atoms with E-state index >= 15 is 0 Å². The van der Waals surface area contributed by atoms with E-state index in [2.05, 4.69) is 0 Å². The van der Waals surface area contributed by atoms with Gasteiger partial charge in [-0.15, -0.1) is 0 Å². The van der Waals surface area contributed by atoms with E-state index in [-0.39, 0.29) is 5.75 Å². The van der Waals surface area contributed by atoms with Gasteiger partial charge in [-0.3, -0.25) is 4.31 Å². The van der Waals surface area contributed by atoms with Gasteiger partial charge in [0.05, 0.1) is 11.4 Å². The minimum absolute atomic E-state index is 0.153. The van der Waals surface area contributed by atoms with Crippen LogP contribution in [0.2, 0.25) is 0 Å². The number of nitrogens with two attached hydrogens (primary N) is 1. The lowest BCUT2D eigenvalue weighted by Gasteiger charge is -2.25. The van der Waals surface area contributed by atoms with Crippen molar-refractivity contribution in [1.82, 2.24) is 0 Å². The molecule has 0 saturated heterocycles. The molecule has 0 fully saturated rings. The van der Waals surface area contributed by atoms with Crippen molar-refractivity contribution in [3.05, 3.63) is 29.3 Å². The Bertz CT molecular complexity index is 498. The highest BCUT2D eigenvalue weighted by molar-refractivity contribution is 7.92. The Kier molecular flexibility index (Phi) is 5.16. The van der Waals surface area contributed by atoms with Crippen molar-refractivity contribution in [3.63, 3.8) is 0 Å². The summed E-state index contributed by atoms with van der Waals surface area (Å²) in [6.45, 7) is 6.42. The number of sulfonamides is 1. The van der Waals surface area contributed by atoms with Crippen molar-refractivity contribution in [1.29, 1.82) is 0 Å². The van der Waals surface area contributed by atoms with E-state index in [4.69, 9.17) is 5.73 Å². The summed E-state index contributed by atoms with van der Waals surface area (Å²) in [7, 11) is -3.27. The maximum absolute atomic E-state index is 12.2. The Labute approximate surface area is 110 Å². The summed E-state index contributed by atoms with van der Waals surface area (Å²) < 4.78 is 25.9. The highest BCUT2D eigenvalue weighted by Gasteiger charge is 2.22. The van der Waals surface area contributed by atoms with Crippen LogP contribution in [0.25, 0.3) is 0 Å². The molecule has 1 aromatic rings. The van der Waals surface area contributed by atoms with E-state index < -0.39 is 10.0 Å². The molecule has 0 radical (unpaired) electrons. The van der Waals surface area contributed by atoms with Crippen LogP contribution in [-0.4, -0.2) is 27.3 Å². The first-order chi connectivity index (χ1) is 8.42. The largest absolute Gasteiger partial charge is 0.329 e. The number of aryl methyl sites for hydroxylation is 2. The van der Waals surface area contributed by atoms with E-state index in [1.807, 2.05) is 39.0 Å². The first kappa shape index (κ1) is 15.0. The van der Waals surface area contributed by atoms with Crippen molar-refractivity contribution >= 4 is 15.7 Å². The normalized spacial score (nSPS) is 11.6. The maximum atomic E-state index is 12.2. The summed E-state index contributed by atoms with van der Waals surface area (Å²) >= 11 is 0. The molecule has 18 heavy (non-hydrogen) atoms. The molecule has 102 valence electrons. The molecule has 0 atom stereocenters. The van der Waals surface area contributed by atoms with Crippen molar-refractivity contribution < 1.29 is 8.42 Å². The first-order valence-electron chi connectivity index (χ1n) is 6.20. The molecule has 1 rings (SSSR count). The quantitative estimate of drug-likeness (QED) is 0.857. The zero-order valence-electron chi connectivity index (χ0n) is 11.3. The molecule has 0 saturated carbocycles. The lowest BCUT2D eigenvalue weighted by atomic mass is 10.1. The second kappa shape index (κ2) is 6.20. The highest BCUT2D eigenvalue weighted by Crippen LogP contribution is 2.24. The second-order valence-corrected chi connectivity index (χ2v) is 6.48. The van der Waals surface area contributed by atoms with Crippen LogP contribution in [-0.2, 0) is 10.0 Å². The van der Waals surface area contributed by atoms with Crippen LogP contribution in [0.15, 0.2) is 18.2 Å². The number of benzene rings is 1. The summed E-state index contributed by atoms with van der Waals surface area (Å²) in [6, 6.07) is 5.77. The van der Waals surface area contributed by atoms with Crippen molar-refractivity contribution in [2.75, 3.05) is 23.1 Å². The fourth-order valence-electron chi connectivity index (χ4n) is 1.98. The molecule has 0 spiro atoms. The summed E-state index contributed by atoms with van der Waals surface area (Å²) in [5.41, 5.74) is 8.35. The van der Waals surface area contributed by atoms with Crippen LogP contribution in [0.4, 0.5) is 5.69 Å². The van der Waals surface area contributed by atoms with Crippen LogP contribution in [0, 0.1) is 13.8 Å². The molecule has 2 N–H and O–H groups in total. The van der Waals surface area contributed by atoms with Gasteiger partial charge in [-0.05, 0) is 31.9 Å². The number of rotatable bonds is 6. The van der Waals surface area contributed by atoms with Crippen LogP contribution < -0.4 is 10.0 Å². The smallest absolute Gasteiger partial charge is 0.235 e. The molecule has 0 unspecified atom stereocenters. The predicted molar refractivity (Wildman–Crippen MR) is 76.4 cm³/mol. The zero-order chi connectivity index (χ0) is 13.8. The van der Waals surface area contributed by atoms with Crippen LogP contribution >= 0.6 is 0 Å². The fraction of sp³-hybridized carbons (Fsp3) is 0.538. The molecule has 0 aliphatic rings. The van der Waals surface area contributed by atoms with Crippen LogP contribution in [0.3, 0.4) is 0 Å². The molecule has 0 aliphatic heterocycles. The Morgan fingerprint density at radius 2 is 1.94 bits per heavy atom. The third-order valence-electron chi connectivity index (χ3n) is 2.75. The van der Waals surface area contributed by atoms with E-state index in [9.17, 15) is 8.42 Å². The third kappa shape index (κ3) is 3.46. The second-order valence-electron chi connectivity index (χ2n) is 4.47. The zero-order valence-corrected chi connectivity index (χ0v) is 12.1. The molecule has 1 aromatic carbocycles. The standard InChI is InChI=1S/C13H22N2O2S/c1-4-9-18(16,17)15(8-7-14)13-6-5-11(2)10-12(13)3/h5-6,10H,4,7-9,14H2,1-3H3. The van der Waals surface area contributed by atoms with Gasteiger partial charge in [-0.1, -0.05) is 24.6 Å². The van der Waals surface area contributed by atoms with Gasteiger partial charge < -0.3 is 5.73 Å². The van der Waals surface area contributed by atoms with Crippen LogP contribution in [0.1, 0.15) is 24.5 Å². The summed E-state index contributed by atoms with van der Waals surface area (Å²) in [5.74, 6) is 0.153. The number of anilines is 1. The van der Waals surface area contributed by atoms with Gasteiger partial charge in [0.25, 0.3) is 0 Å². The number of hydrogen-bond donors (Lipinski definition) is 1. The van der Waals surface area contributed by atoms with Gasteiger partial charge >= 0.3 is 0 Å². The summed E-state index contributed by atoms with van der Waals surface area (Å²) in [6.07, 6.45) is 0.605. The predicted octanol–water partition coefficient (Wildman–Crippen LogP) is 1.81. The SMILES string of the molecule is CCCS(=O)(=O)N(CCN)c1ccc(C)cc1C. The maximum Gasteiger partial charge on any atom is 0.235 e. The average molecular weight is 270 g/mol. The number of hydrogen-bond acceptors (Lipinski definition) is 3. The monoisotopic (exact) mass is 270 g/mol. The Hall–Kier alpha value is -1.07. The van der Waals surface area contributed by atoms with E-state index in [1.54, 1.807) is 0 Å². The number of nitrogens with zero attached hydrogens (tertiary/aromatic N) is 1. The van der Waals surface area contributed by atoms with E-state index in [0.717, 1.165) is 16.8 Å². The van der Waals surface area contributed by atoms with Gasteiger partial charge in [0.15, 0.2) is 0 Å². The van der Waals surface area contributed by atoms with Gasteiger partial charge in [-0.2, -0.15) is 0 Å². The molecule has 5 heteroatoms. The third-order valence-corrected chi connectivity index (χ3v) is 4.73. The summed E-state index contributed by atoms with van der Waals surface area (Å²) in [4.78, 5) is 0. The van der Waals surface area contributed by atoms with Crippen molar-refractivity contribution in [3.8, 4) is 0 Å². The molecule has 0 aliphatic carbocycles. The van der Waals surface area contributed by atoms with Crippen molar-refractivity contribution in [2.45, 2.75) is 27.2 Å². The lowest BCUT2D eigenvalue weighted by molar-refractivity contribution is 0.589. The van der Waals surface area contributed by atoms with Crippen molar-refractivity contribution in [2.24, 2.45) is 5.73 Å². The van der Waals surface area contributed by atoms with Gasteiger partial charge in [0, 0.05) is 13.1 Å². The summed E-state index contributed by atoms with van der Waals surface area (Å²) in [5, 5.41) is 0. The van der Waals surface area contributed by atoms with Gasteiger partial charge in [0.1, 0.15) is 0 Å². The Morgan fingerprint density at radius 3 is 2.44 bits per heavy atom. The Balaban J connectivity index is 3.20. The minimum Gasteiger partial charge on any atom is -0.329 e. The minimum atomic E-state index is -3.27. The molecule has 0 amide bonds. The lowest BCUT2D eigenvalue weighted by Crippen LogP contribution is -2.37. The van der Waals surface area contributed by atoms with E-state index in [1.165, 1.54) is 4.31 Å².